The highest BCUT2D eigenvalue weighted by atomic mass is 16.3. The summed E-state index contributed by atoms with van der Waals surface area (Å²) in [5.41, 5.74) is 6.82. The summed E-state index contributed by atoms with van der Waals surface area (Å²) < 4.78 is 0. The zero-order valence-electron chi connectivity index (χ0n) is 7.70. The Labute approximate surface area is 73.8 Å². The molecule has 3 atom stereocenters. The van der Waals surface area contributed by atoms with Crippen LogP contribution in [0.5, 0.6) is 0 Å². The van der Waals surface area contributed by atoms with Crippen LogP contribution in [0.15, 0.2) is 23.8 Å². The quantitative estimate of drug-likeness (QED) is 0.649. The van der Waals surface area contributed by atoms with Crippen molar-refractivity contribution in [2.45, 2.75) is 32.4 Å². The highest BCUT2D eigenvalue weighted by Gasteiger charge is 2.20. The minimum Gasteiger partial charge on any atom is -0.391 e. The monoisotopic (exact) mass is 167 g/mol. The average Bonchev–Trinajstić information content (AvgIpc) is 2.03. The Bertz CT molecular complexity index is 206. The number of hydrogen-bond donors (Lipinski definition) is 2. The van der Waals surface area contributed by atoms with Gasteiger partial charge in [0.05, 0.1) is 6.10 Å². The molecule has 0 aromatic rings. The molecule has 2 nitrogen and oxygen atoms in total. The summed E-state index contributed by atoms with van der Waals surface area (Å²) in [6, 6.07) is -0.148. The maximum absolute atomic E-state index is 9.67. The first kappa shape index (κ1) is 9.49. The Morgan fingerprint density at radius 2 is 2.33 bits per heavy atom. The predicted molar refractivity (Wildman–Crippen MR) is 50.7 cm³/mol. The fraction of sp³-hybridized carbons (Fsp3) is 0.600. The van der Waals surface area contributed by atoms with E-state index in [-0.39, 0.29) is 12.0 Å². The third kappa shape index (κ3) is 2.19. The van der Waals surface area contributed by atoms with Crippen molar-refractivity contribution in [3.05, 3.63) is 23.8 Å². The van der Waals surface area contributed by atoms with E-state index in [1.54, 1.807) is 0 Å². The lowest BCUT2D eigenvalue weighted by atomic mass is 9.89. The molecule has 0 aromatic carbocycles. The molecule has 3 N–H and O–H groups in total. The van der Waals surface area contributed by atoms with E-state index in [0.29, 0.717) is 0 Å². The first-order chi connectivity index (χ1) is 5.61. The molecule has 0 spiro atoms. The summed E-state index contributed by atoms with van der Waals surface area (Å²) in [5.74, 6) is 0.204. The van der Waals surface area contributed by atoms with Crippen molar-refractivity contribution in [3.63, 3.8) is 0 Å². The van der Waals surface area contributed by atoms with Crippen molar-refractivity contribution >= 4 is 0 Å². The van der Waals surface area contributed by atoms with Crippen LogP contribution < -0.4 is 5.73 Å². The molecule has 0 saturated carbocycles. The Hall–Kier alpha value is -0.600. The number of hydrogen-bond acceptors (Lipinski definition) is 2. The van der Waals surface area contributed by atoms with Crippen LogP contribution in [0, 0.1) is 5.92 Å². The molecule has 1 aliphatic rings. The first-order valence-electron chi connectivity index (χ1n) is 4.40. The summed E-state index contributed by atoms with van der Waals surface area (Å²) in [4.78, 5) is 0. The highest BCUT2D eigenvalue weighted by Crippen LogP contribution is 2.20. The third-order valence-corrected chi connectivity index (χ3v) is 2.24. The second-order valence-corrected chi connectivity index (χ2v) is 3.56. The van der Waals surface area contributed by atoms with Gasteiger partial charge in [-0.3, -0.25) is 0 Å². The summed E-state index contributed by atoms with van der Waals surface area (Å²) in [6.45, 7) is 3.88. The Balaban J connectivity index is 2.60. The van der Waals surface area contributed by atoms with E-state index in [2.05, 4.69) is 18.2 Å². The van der Waals surface area contributed by atoms with Gasteiger partial charge in [0.25, 0.3) is 0 Å². The van der Waals surface area contributed by atoms with Crippen molar-refractivity contribution < 1.29 is 5.11 Å². The van der Waals surface area contributed by atoms with E-state index in [9.17, 15) is 5.11 Å². The van der Waals surface area contributed by atoms with Gasteiger partial charge >= 0.3 is 0 Å². The molecule has 0 amide bonds. The molecule has 1 unspecified atom stereocenters. The molecule has 0 bridgehead atoms. The van der Waals surface area contributed by atoms with Gasteiger partial charge in [0.15, 0.2) is 0 Å². The van der Waals surface area contributed by atoms with E-state index >= 15 is 0 Å². The smallest absolute Gasteiger partial charge is 0.0753 e. The van der Waals surface area contributed by atoms with Gasteiger partial charge in [0, 0.05) is 12.0 Å². The minimum absolute atomic E-state index is 0.148. The topological polar surface area (TPSA) is 46.2 Å². The van der Waals surface area contributed by atoms with Gasteiger partial charge in [-0.1, -0.05) is 23.8 Å². The maximum Gasteiger partial charge on any atom is 0.0753 e. The molecule has 0 radical (unpaired) electrons. The minimum atomic E-state index is -0.412. The van der Waals surface area contributed by atoms with Crippen LogP contribution in [-0.4, -0.2) is 17.3 Å². The van der Waals surface area contributed by atoms with Gasteiger partial charge in [-0.25, -0.2) is 0 Å². The van der Waals surface area contributed by atoms with Crippen molar-refractivity contribution in [2.75, 3.05) is 0 Å². The number of rotatable bonds is 2. The van der Waals surface area contributed by atoms with Gasteiger partial charge in [0.1, 0.15) is 0 Å². The number of aliphatic hydroxyl groups is 1. The third-order valence-electron chi connectivity index (χ3n) is 2.24. The summed E-state index contributed by atoms with van der Waals surface area (Å²) in [5, 5.41) is 9.67. The van der Waals surface area contributed by atoms with Gasteiger partial charge in [-0.2, -0.15) is 0 Å². The summed E-state index contributed by atoms with van der Waals surface area (Å²) in [6.07, 6.45) is 6.74. The number of allylic oxidation sites excluding steroid dienone is 3. The average molecular weight is 167 g/mol. The molecule has 1 rings (SSSR count). The van der Waals surface area contributed by atoms with Crippen molar-refractivity contribution in [2.24, 2.45) is 11.7 Å². The lowest BCUT2D eigenvalue weighted by Gasteiger charge is -2.24. The molecule has 1 aliphatic carbocycles. The fourth-order valence-corrected chi connectivity index (χ4v) is 1.50. The Kier molecular flexibility index (Phi) is 3.06. The van der Waals surface area contributed by atoms with Crippen LogP contribution in [0.2, 0.25) is 0 Å². The molecular formula is C10H17NO. The molecule has 0 heterocycles. The zero-order chi connectivity index (χ0) is 9.14. The predicted octanol–water partition coefficient (Wildman–Crippen LogP) is 1.22. The normalized spacial score (nSPS) is 28.0. The van der Waals surface area contributed by atoms with E-state index < -0.39 is 6.10 Å². The lowest BCUT2D eigenvalue weighted by molar-refractivity contribution is 0.108. The molecular weight excluding hydrogens is 150 g/mol. The highest BCUT2D eigenvalue weighted by molar-refractivity contribution is 5.22. The van der Waals surface area contributed by atoms with Crippen LogP contribution in [0.1, 0.15) is 20.3 Å². The van der Waals surface area contributed by atoms with Gasteiger partial charge in [0.2, 0.25) is 0 Å². The molecule has 0 saturated heterocycles. The second-order valence-electron chi connectivity index (χ2n) is 3.56. The van der Waals surface area contributed by atoms with Crippen LogP contribution >= 0.6 is 0 Å². The van der Waals surface area contributed by atoms with Gasteiger partial charge < -0.3 is 10.8 Å². The Morgan fingerprint density at radius 3 is 2.83 bits per heavy atom. The van der Waals surface area contributed by atoms with Crippen molar-refractivity contribution in [1.82, 2.24) is 0 Å². The maximum atomic E-state index is 9.67. The molecule has 12 heavy (non-hydrogen) atoms. The zero-order valence-corrected chi connectivity index (χ0v) is 7.70. The van der Waals surface area contributed by atoms with Crippen LogP contribution in [-0.2, 0) is 0 Å². The SMILES string of the molecule is CC1=CC([C@H](O)[C@H](C)N)CC=C1. The van der Waals surface area contributed by atoms with Gasteiger partial charge in [-0.15, -0.1) is 0 Å². The summed E-state index contributed by atoms with van der Waals surface area (Å²) in [7, 11) is 0. The largest absolute Gasteiger partial charge is 0.391 e. The number of aliphatic hydroxyl groups excluding tert-OH is 1. The summed E-state index contributed by atoms with van der Waals surface area (Å²) >= 11 is 0. The molecule has 2 heteroatoms. The standard InChI is InChI=1S/C10H17NO/c1-7-4-3-5-9(6-7)10(12)8(2)11/h3-4,6,8-10,12H,5,11H2,1-2H3/t8-,9?,10+/m0/s1. The molecule has 0 aromatic heterocycles. The van der Waals surface area contributed by atoms with E-state index in [1.807, 2.05) is 13.8 Å². The van der Waals surface area contributed by atoms with E-state index in [0.717, 1.165) is 6.42 Å². The van der Waals surface area contributed by atoms with E-state index in [4.69, 9.17) is 5.73 Å². The lowest BCUT2D eigenvalue weighted by Crippen LogP contribution is -2.37. The molecule has 0 fully saturated rings. The first-order valence-corrected chi connectivity index (χ1v) is 4.40. The number of nitrogens with two attached hydrogens (primary N) is 1. The van der Waals surface area contributed by atoms with Crippen LogP contribution in [0.4, 0.5) is 0 Å². The van der Waals surface area contributed by atoms with Crippen LogP contribution in [0.25, 0.3) is 0 Å². The van der Waals surface area contributed by atoms with E-state index in [1.165, 1.54) is 5.57 Å². The van der Waals surface area contributed by atoms with Crippen LogP contribution in [0.3, 0.4) is 0 Å². The molecule has 0 aliphatic heterocycles. The Morgan fingerprint density at radius 1 is 1.67 bits per heavy atom. The fourth-order valence-electron chi connectivity index (χ4n) is 1.50. The van der Waals surface area contributed by atoms with Crippen molar-refractivity contribution in [1.29, 1.82) is 0 Å². The van der Waals surface area contributed by atoms with Crippen molar-refractivity contribution in [3.8, 4) is 0 Å². The second kappa shape index (κ2) is 3.87. The van der Waals surface area contributed by atoms with Gasteiger partial charge in [-0.05, 0) is 20.3 Å². The molecule has 68 valence electrons.